The topological polar surface area (TPSA) is 20.3 Å². The van der Waals surface area contributed by atoms with Gasteiger partial charge in [0.1, 0.15) is 0 Å². The summed E-state index contributed by atoms with van der Waals surface area (Å²) in [6.07, 6.45) is 12.7. The summed E-state index contributed by atoms with van der Waals surface area (Å²) in [7, 11) is 1.86. The van der Waals surface area contributed by atoms with Gasteiger partial charge in [-0.1, -0.05) is 37.3 Å². The molecule has 0 fully saturated rings. The molecule has 0 aromatic rings. The van der Waals surface area contributed by atoms with E-state index in [9.17, 15) is 4.79 Å². The summed E-state index contributed by atoms with van der Waals surface area (Å²) in [4.78, 5) is 13.5. The van der Waals surface area contributed by atoms with E-state index in [0.29, 0.717) is 6.42 Å². The van der Waals surface area contributed by atoms with Gasteiger partial charge in [0.2, 0.25) is 5.91 Å². The van der Waals surface area contributed by atoms with Crippen molar-refractivity contribution in [2.45, 2.75) is 26.2 Å². The molecule has 0 heterocycles. The predicted molar refractivity (Wildman–Crippen MR) is 63.5 cm³/mol. The first kappa shape index (κ1) is 11.8. The van der Waals surface area contributed by atoms with Gasteiger partial charge < -0.3 is 4.90 Å². The van der Waals surface area contributed by atoms with E-state index in [0.717, 1.165) is 25.0 Å². The lowest BCUT2D eigenvalue weighted by Gasteiger charge is -2.16. The molecule has 82 valence electrons. The van der Waals surface area contributed by atoms with Crippen LogP contribution in [0.3, 0.4) is 0 Å². The Kier molecular flexibility index (Phi) is 4.88. The molecule has 0 atom stereocenters. The van der Waals surface area contributed by atoms with Crippen molar-refractivity contribution in [1.82, 2.24) is 4.90 Å². The second-order valence-corrected chi connectivity index (χ2v) is 3.80. The van der Waals surface area contributed by atoms with Crippen LogP contribution in [0.25, 0.3) is 0 Å². The second-order valence-electron chi connectivity index (χ2n) is 3.80. The molecular weight excluding hydrogens is 186 g/mol. The van der Waals surface area contributed by atoms with Crippen LogP contribution in [0.4, 0.5) is 0 Å². The molecule has 0 radical (unpaired) electrons. The molecule has 0 saturated heterocycles. The van der Waals surface area contributed by atoms with E-state index >= 15 is 0 Å². The first-order chi connectivity index (χ1) is 7.24. The molecule has 1 rings (SSSR count). The molecule has 0 saturated carbocycles. The average Bonchev–Trinajstić information content (AvgIpc) is 2.46. The average molecular weight is 205 g/mol. The maximum absolute atomic E-state index is 11.7. The molecular formula is C13H19NO. The van der Waals surface area contributed by atoms with Gasteiger partial charge in [0.15, 0.2) is 0 Å². The maximum Gasteiger partial charge on any atom is 0.226 e. The Bertz CT molecular complexity index is 300. The minimum Gasteiger partial charge on any atom is -0.345 e. The zero-order valence-electron chi connectivity index (χ0n) is 9.57. The molecule has 1 aliphatic carbocycles. The summed E-state index contributed by atoms with van der Waals surface area (Å²) in [5.41, 5.74) is 1.09. The van der Waals surface area contributed by atoms with E-state index in [4.69, 9.17) is 0 Å². The van der Waals surface area contributed by atoms with E-state index in [-0.39, 0.29) is 5.91 Å². The lowest BCUT2D eigenvalue weighted by molar-refractivity contribution is -0.129. The molecule has 2 heteroatoms. The molecule has 1 amide bonds. The van der Waals surface area contributed by atoms with Gasteiger partial charge in [-0.2, -0.15) is 0 Å². The van der Waals surface area contributed by atoms with E-state index in [1.165, 1.54) is 0 Å². The Morgan fingerprint density at radius 1 is 1.47 bits per heavy atom. The highest BCUT2D eigenvalue weighted by atomic mass is 16.2. The van der Waals surface area contributed by atoms with Crippen LogP contribution in [-0.4, -0.2) is 24.4 Å². The fourth-order valence-electron chi connectivity index (χ4n) is 1.51. The van der Waals surface area contributed by atoms with E-state index in [2.05, 4.69) is 19.1 Å². The van der Waals surface area contributed by atoms with Crippen molar-refractivity contribution in [3.63, 3.8) is 0 Å². The molecule has 2 nitrogen and oxygen atoms in total. The summed E-state index contributed by atoms with van der Waals surface area (Å²) in [5, 5.41) is 0. The number of nitrogens with zero attached hydrogens (tertiary/aromatic N) is 1. The normalized spacial score (nSPS) is 14.7. The van der Waals surface area contributed by atoms with Crippen molar-refractivity contribution in [2.24, 2.45) is 0 Å². The van der Waals surface area contributed by atoms with Gasteiger partial charge in [-0.15, -0.1) is 0 Å². The molecule has 0 bridgehead atoms. The SMILES string of the molecule is CCCN(C)C(=O)CC1=CC=CCC=C1. The van der Waals surface area contributed by atoms with Gasteiger partial charge >= 0.3 is 0 Å². The van der Waals surface area contributed by atoms with Crippen molar-refractivity contribution >= 4 is 5.91 Å². The fourth-order valence-corrected chi connectivity index (χ4v) is 1.51. The lowest BCUT2D eigenvalue weighted by Crippen LogP contribution is -2.27. The van der Waals surface area contributed by atoms with Crippen LogP contribution < -0.4 is 0 Å². The highest BCUT2D eigenvalue weighted by Gasteiger charge is 2.08. The van der Waals surface area contributed by atoms with E-state index in [1.807, 2.05) is 25.3 Å². The summed E-state index contributed by atoms with van der Waals surface area (Å²) < 4.78 is 0. The van der Waals surface area contributed by atoms with Crippen LogP contribution in [-0.2, 0) is 4.79 Å². The van der Waals surface area contributed by atoms with Gasteiger partial charge in [0, 0.05) is 13.6 Å². The van der Waals surface area contributed by atoms with E-state index < -0.39 is 0 Å². The Labute approximate surface area is 92.0 Å². The van der Waals surface area contributed by atoms with Gasteiger partial charge in [-0.25, -0.2) is 0 Å². The van der Waals surface area contributed by atoms with Crippen LogP contribution in [0.2, 0.25) is 0 Å². The molecule has 0 spiro atoms. The molecule has 1 aliphatic rings. The minimum absolute atomic E-state index is 0.197. The van der Waals surface area contributed by atoms with Crippen molar-refractivity contribution in [3.05, 3.63) is 36.0 Å². The maximum atomic E-state index is 11.7. The number of carbonyl (C=O) groups excluding carboxylic acids is 1. The third kappa shape index (κ3) is 4.15. The number of carbonyl (C=O) groups is 1. The number of hydrogen-bond acceptors (Lipinski definition) is 1. The van der Waals surface area contributed by atoms with Gasteiger partial charge in [0.05, 0.1) is 6.42 Å². The van der Waals surface area contributed by atoms with Crippen molar-refractivity contribution < 1.29 is 4.79 Å². The zero-order chi connectivity index (χ0) is 11.1. The third-order valence-corrected chi connectivity index (χ3v) is 2.39. The molecule has 0 aromatic heterocycles. The number of amides is 1. The van der Waals surface area contributed by atoms with Gasteiger partial charge in [0.25, 0.3) is 0 Å². The summed E-state index contributed by atoms with van der Waals surface area (Å²) >= 11 is 0. The van der Waals surface area contributed by atoms with Crippen molar-refractivity contribution in [2.75, 3.05) is 13.6 Å². The number of rotatable bonds is 4. The minimum atomic E-state index is 0.197. The van der Waals surface area contributed by atoms with Crippen LogP contribution in [0.5, 0.6) is 0 Å². The molecule has 0 aromatic carbocycles. The lowest BCUT2D eigenvalue weighted by atomic mass is 10.1. The Balaban J connectivity index is 2.50. The number of allylic oxidation sites excluding steroid dienone is 5. The monoisotopic (exact) mass is 205 g/mol. The Hall–Kier alpha value is -1.31. The predicted octanol–water partition coefficient (Wildman–Crippen LogP) is 2.69. The van der Waals surface area contributed by atoms with Gasteiger partial charge in [-0.3, -0.25) is 4.79 Å². The smallest absolute Gasteiger partial charge is 0.226 e. The molecule has 0 N–H and O–H groups in total. The van der Waals surface area contributed by atoms with Crippen LogP contribution in [0.15, 0.2) is 36.0 Å². The highest BCUT2D eigenvalue weighted by Crippen LogP contribution is 2.10. The molecule has 0 unspecified atom stereocenters. The second kappa shape index (κ2) is 6.23. The first-order valence-electron chi connectivity index (χ1n) is 5.50. The van der Waals surface area contributed by atoms with Crippen LogP contribution in [0, 0.1) is 0 Å². The van der Waals surface area contributed by atoms with Crippen LogP contribution >= 0.6 is 0 Å². The highest BCUT2D eigenvalue weighted by molar-refractivity contribution is 5.79. The van der Waals surface area contributed by atoms with Crippen LogP contribution in [0.1, 0.15) is 26.2 Å². The van der Waals surface area contributed by atoms with E-state index in [1.54, 1.807) is 4.90 Å². The zero-order valence-corrected chi connectivity index (χ0v) is 9.57. The Morgan fingerprint density at radius 2 is 2.27 bits per heavy atom. The summed E-state index contributed by atoms with van der Waals surface area (Å²) in [5.74, 6) is 0.197. The Morgan fingerprint density at radius 3 is 3.00 bits per heavy atom. The standard InChI is InChI=1S/C13H19NO/c1-3-10-14(2)13(15)11-12-8-6-4-5-7-9-12/h4,6-9H,3,5,10-11H2,1-2H3. The summed E-state index contributed by atoms with van der Waals surface area (Å²) in [6.45, 7) is 2.92. The quantitative estimate of drug-likeness (QED) is 0.691. The van der Waals surface area contributed by atoms with Crippen molar-refractivity contribution in [1.29, 1.82) is 0 Å². The molecule has 15 heavy (non-hydrogen) atoms. The molecule has 0 aliphatic heterocycles. The third-order valence-electron chi connectivity index (χ3n) is 2.39. The number of hydrogen-bond donors (Lipinski definition) is 0. The van der Waals surface area contributed by atoms with Crippen molar-refractivity contribution in [3.8, 4) is 0 Å². The largest absolute Gasteiger partial charge is 0.345 e. The fraction of sp³-hybridized carbons (Fsp3) is 0.462. The first-order valence-corrected chi connectivity index (χ1v) is 5.50. The van der Waals surface area contributed by atoms with Gasteiger partial charge in [-0.05, 0) is 18.4 Å². The summed E-state index contributed by atoms with van der Waals surface area (Å²) in [6, 6.07) is 0.